The number of hydrogen-bond donors (Lipinski definition) is 1. The molecule has 23 heavy (non-hydrogen) atoms. The Morgan fingerprint density at radius 1 is 1.26 bits per heavy atom. The maximum atomic E-state index is 13.9. The Hall–Kier alpha value is -1.39. The lowest BCUT2D eigenvalue weighted by Gasteiger charge is -2.25. The third-order valence-electron chi connectivity index (χ3n) is 4.57. The normalized spacial score (nSPS) is 16.7. The van der Waals surface area contributed by atoms with E-state index in [4.69, 9.17) is 11.6 Å². The molecule has 1 amide bonds. The molecule has 1 N–H and O–H groups in total. The Bertz CT molecular complexity index is 723. The van der Waals surface area contributed by atoms with Crippen molar-refractivity contribution in [3.8, 4) is 0 Å². The Morgan fingerprint density at radius 2 is 1.91 bits per heavy atom. The number of carbonyl (C=O) groups excluding carboxylic acids is 1. The van der Waals surface area contributed by atoms with Gasteiger partial charge in [0.1, 0.15) is 5.82 Å². The highest BCUT2D eigenvalue weighted by atomic mass is 79.9. The molecule has 5 heteroatoms. The summed E-state index contributed by atoms with van der Waals surface area (Å²) >= 11 is 9.40. The van der Waals surface area contributed by atoms with Gasteiger partial charge in [-0.2, -0.15) is 0 Å². The monoisotopic (exact) mass is 395 g/mol. The zero-order chi connectivity index (χ0) is 16.6. The lowest BCUT2D eigenvalue weighted by molar-refractivity contribution is 0.0928. The van der Waals surface area contributed by atoms with E-state index in [1.165, 1.54) is 23.8 Å². The summed E-state index contributed by atoms with van der Waals surface area (Å²) in [6.45, 7) is 1.96. The van der Waals surface area contributed by atoms with Gasteiger partial charge in [0.05, 0.1) is 10.6 Å². The molecule has 1 fully saturated rings. The van der Waals surface area contributed by atoms with Crippen molar-refractivity contribution in [2.45, 2.75) is 31.2 Å². The van der Waals surface area contributed by atoms with Crippen molar-refractivity contribution in [2.75, 3.05) is 0 Å². The molecule has 1 aliphatic rings. The van der Waals surface area contributed by atoms with E-state index in [1.807, 2.05) is 19.1 Å². The highest BCUT2D eigenvalue weighted by Gasteiger charge is 2.49. The number of rotatable bonds is 4. The molecule has 0 radical (unpaired) electrons. The van der Waals surface area contributed by atoms with Crippen molar-refractivity contribution >= 4 is 33.4 Å². The maximum absolute atomic E-state index is 13.9. The highest BCUT2D eigenvalue weighted by molar-refractivity contribution is 9.10. The van der Waals surface area contributed by atoms with E-state index in [2.05, 4.69) is 33.4 Å². The molecule has 0 heterocycles. The second kappa shape index (κ2) is 6.25. The Kier molecular flexibility index (Phi) is 4.47. The highest BCUT2D eigenvalue weighted by Crippen LogP contribution is 2.51. The van der Waals surface area contributed by atoms with Crippen LogP contribution in [0.2, 0.25) is 5.02 Å². The van der Waals surface area contributed by atoms with Gasteiger partial charge in [-0.15, -0.1) is 0 Å². The molecule has 0 spiro atoms. The zero-order valence-corrected chi connectivity index (χ0v) is 14.9. The molecule has 120 valence electrons. The fourth-order valence-corrected chi connectivity index (χ4v) is 3.52. The van der Waals surface area contributed by atoms with Crippen LogP contribution in [0.1, 0.15) is 35.7 Å². The van der Waals surface area contributed by atoms with E-state index < -0.39 is 11.7 Å². The van der Waals surface area contributed by atoms with Gasteiger partial charge in [-0.05, 0) is 49.6 Å². The van der Waals surface area contributed by atoms with E-state index in [9.17, 15) is 9.18 Å². The number of nitrogens with one attached hydrogen (secondary N) is 1. The van der Waals surface area contributed by atoms with E-state index in [0.29, 0.717) is 0 Å². The molecule has 0 saturated heterocycles. The van der Waals surface area contributed by atoms with Crippen molar-refractivity contribution in [2.24, 2.45) is 0 Å². The molecule has 0 aromatic heterocycles. The predicted octanol–water partition coefficient (Wildman–Crippen LogP) is 5.09. The van der Waals surface area contributed by atoms with E-state index >= 15 is 0 Å². The SMILES string of the molecule is CC(NC(=O)c1c(F)cccc1Cl)C1(c2ccc(Br)cc2)CC1. The van der Waals surface area contributed by atoms with Crippen LogP contribution in [0.25, 0.3) is 0 Å². The smallest absolute Gasteiger partial charge is 0.256 e. The number of carbonyl (C=O) groups is 1. The topological polar surface area (TPSA) is 29.1 Å². The average Bonchev–Trinajstić information content (AvgIpc) is 3.29. The molecule has 0 bridgehead atoms. The van der Waals surface area contributed by atoms with Crippen LogP contribution in [0.4, 0.5) is 4.39 Å². The van der Waals surface area contributed by atoms with Crippen molar-refractivity contribution in [3.05, 3.63) is 68.9 Å². The standard InChI is InChI=1S/C18H16BrClFNO/c1-11(18(9-10-18)12-5-7-13(19)8-6-12)22-17(23)16-14(20)3-2-4-15(16)21/h2-8,11H,9-10H2,1H3,(H,22,23). The zero-order valence-electron chi connectivity index (χ0n) is 12.6. The summed E-state index contributed by atoms with van der Waals surface area (Å²) in [5.41, 5.74) is 1.02. The van der Waals surface area contributed by atoms with Gasteiger partial charge in [-0.3, -0.25) is 4.79 Å². The maximum Gasteiger partial charge on any atom is 0.256 e. The van der Waals surface area contributed by atoms with Gasteiger partial charge in [0.25, 0.3) is 5.91 Å². The van der Waals surface area contributed by atoms with Crippen LogP contribution in [0, 0.1) is 5.82 Å². The van der Waals surface area contributed by atoms with Gasteiger partial charge in [0.15, 0.2) is 0 Å². The molecule has 1 aliphatic carbocycles. The molecule has 1 unspecified atom stereocenters. The fourth-order valence-electron chi connectivity index (χ4n) is 3.01. The van der Waals surface area contributed by atoms with Crippen LogP contribution in [0.3, 0.4) is 0 Å². The minimum atomic E-state index is -0.601. The molecule has 2 aromatic rings. The quantitative estimate of drug-likeness (QED) is 0.766. The summed E-state index contributed by atoms with van der Waals surface area (Å²) in [4.78, 5) is 12.4. The fraction of sp³-hybridized carbons (Fsp3) is 0.278. The van der Waals surface area contributed by atoms with Crippen LogP contribution in [0.5, 0.6) is 0 Å². The van der Waals surface area contributed by atoms with Crippen molar-refractivity contribution in [1.29, 1.82) is 0 Å². The lowest BCUT2D eigenvalue weighted by atomic mass is 9.89. The van der Waals surface area contributed by atoms with Gasteiger partial charge in [-0.25, -0.2) is 4.39 Å². The van der Waals surface area contributed by atoms with Crippen molar-refractivity contribution in [3.63, 3.8) is 0 Å². The summed E-state index contributed by atoms with van der Waals surface area (Å²) in [6, 6.07) is 12.3. The van der Waals surface area contributed by atoms with Gasteiger partial charge < -0.3 is 5.32 Å². The largest absolute Gasteiger partial charge is 0.349 e. The van der Waals surface area contributed by atoms with Gasteiger partial charge in [0, 0.05) is 15.9 Å². The van der Waals surface area contributed by atoms with E-state index in [-0.39, 0.29) is 22.0 Å². The van der Waals surface area contributed by atoms with Crippen LogP contribution in [-0.2, 0) is 5.41 Å². The summed E-state index contributed by atoms with van der Waals surface area (Å²) in [5, 5.41) is 3.05. The first kappa shape index (κ1) is 16.5. The Labute approximate surface area is 148 Å². The first-order valence-electron chi connectivity index (χ1n) is 7.45. The number of benzene rings is 2. The molecule has 1 saturated carbocycles. The Morgan fingerprint density at radius 3 is 2.48 bits per heavy atom. The summed E-state index contributed by atoms with van der Waals surface area (Å²) < 4.78 is 14.9. The minimum Gasteiger partial charge on any atom is -0.349 e. The number of halogens is 3. The molecule has 1 atom stereocenters. The van der Waals surface area contributed by atoms with Gasteiger partial charge in [-0.1, -0.05) is 45.7 Å². The van der Waals surface area contributed by atoms with Crippen molar-refractivity contribution in [1.82, 2.24) is 5.32 Å². The molecular formula is C18H16BrClFNO. The molecule has 2 nitrogen and oxygen atoms in total. The molecule has 3 rings (SSSR count). The minimum absolute atomic E-state index is 0.0753. The van der Waals surface area contributed by atoms with Crippen LogP contribution in [0.15, 0.2) is 46.9 Å². The van der Waals surface area contributed by atoms with E-state index in [1.54, 1.807) is 0 Å². The molecular weight excluding hydrogens is 381 g/mol. The van der Waals surface area contributed by atoms with Gasteiger partial charge >= 0.3 is 0 Å². The second-order valence-electron chi connectivity index (χ2n) is 5.95. The summed E-state index contributed by atoms with van der Waals surface area (Å²) in [7, 11) is 0. The van der Waals surface area contributed by atoms with Crippen LogP contribution in [-0.4, -0.2) is 11.9 Å². The van der Waals surface area contributed by atoms with Crippen LogP contribution >= 0.6 is 27.5 Å². The molecule has 0 aliphatic heterocycles. The third kappa shape index (κ3) is 3.15. The first-order chi connectivity index (χ1) is 10.9. The lowest BCUT2D eigenvalue weighted by Crippen LogP contribution is -2.41. The number of amides is 1. The van der Waals surface area contributed by atoms with Gasteiger partial charge in [0.2, 0.25) is 0 Å². The third-order valence-corrected chi connectivity index (χ3v) is 5.42. The summed E-state index contributed by atoms with van der Waals surface area (Å²) in [6.07, 6.45) is 2.00. The first-order valence-corrected chi connectivity index (χ1v) is 8.62. The summed E-state index contributed by atoms with van der Waals surface area (Å²) in [5.74, 6) is -1.07. The number of hydrogen-bond acceptors (Lipinski definition) is 1. The van der Waals surface area contributed by atoms with Crippen LogP contribution < -0.4 is 5.32 Å². The Balaban J connectivity index is 1.80. The van der Waals surface area contributed by atoms with Crippen molar-refractivity contribution < 1.29 is 9.18 Å². The average molecular weight is 397 g/mol. The second-order valence-corrected chi connectivity index (χ2v) is 7.28. The molecule has 2 aromatic carbocycles. The predicted molar refractivity (Wildman–Crippen MR) is 93.4 cm³/mol. The van der Waals surface area contributed by atoms with E-state index in [0.717, 1.165) is 17.3 Å².